The standard InChI is InChI=1S/C5H10N4.C2H6/c1-7-5(8-4-6)9(2)3;1-2/h1-3H3,(H,7,8);1-2H3. The molecule has 0 heterocycles. The molecule has 0 aromatic heterocycles. The molecule has 0 aliphatic heterocycles. The van der Waals surface area contributed by atoms with Crippen LogP contribution >= 0.6 is 0 Å². The number of rotatable bonds is 0. The number of nitriles is 1. The number of nitrogens with zero attached hydrogens (tertiary/aromatic N) is 3. The topological polar surface area (TPSA) is 51.4 Å². The minimum absolute atomic E-state index is 0.567. The Morgan fingerprint density at radius 2 is 1.91 bits per heavy atom. The highest BCUT2D eigenvalue weighted by molar-refractivity contribution is 5.80. The molecule has 0 radical (unpaired) electrons. The van der Waals surface area contributed by atoms with Crippen molar-refractivity contribution in [1.82, 2.24) is 10.2 Å². The minimum atomic E-state index is 0.567. The second-order valence-electron chi connectivity index (χ2n) is 1.68. The van der Waals surface area contributed by atoms with Crippen LogP contribution in [-0.2, 0) is 0 Å². The van der Waals surface area contributed by atoms with E-state index in [-0.39, 0.29) is 0 Å². The number of aliphatic imine (C=N–C) groups is 1. The van der Waals surface area contributed by atoms with Crippen molar-refractivity contribution in [2.24, 2.45) is 4.99 Å². The SMILES string of the molecule is CC.CN=C(NC#N)N(C)C. The van der Waals surface area contributed by atoms with Crippen molar-refractivity contribution in [3.63, 3.8) is 0 Å². The fraction of sp³-hybridized carbons (Fsp3) is 0.714. The molecular weight excluding hydrogens is 140 g/mol. The van der Waals surface area contributed by atoms with Crippen LogP contribution in [0.4, 0.5) is 0 Å². The third kappa shape index (κ3) is 6.65. The molecule has 0 saturated carbocycles. The second-order valence-corrected chi connectivity index (χ2v) is 1.68. The predicted octanol–water partition coefficient (Wildman–Crippen LogP) is 0.631. The molecule has 1 N–H and O–H groups in total. The first kappa shape index (κ1) is 12.4. The van der Waals surface area contributed by atoms with E-state index in [2.05, 4.69) is 10.3 Å². The number of nitrogens with one attached hydrogen (secondary N) is 1. The summed E-state index contributed by atoms with van der Waals surface area (Å²) in [7, 11) is 5.25. The molecule has 0 saturated heterocycles. The van der Waals surface area contributed by atoms with Crippen LogP contribution in [0.15, 0.2) is 4.99 Å². The quantitative estimate of drug-likeness (QED) is 0.242. The van der Waals surface area contributed by atoms with E-state index in [1.165, 1.54) is 0 Å². The molecule has 0 aromatic carbocycles. The van der Waals surface area contributed by atoms with Crippen molar-refractivity contribution in [3.8, 4) is 6.19 Å². The van der Waals surface area contributed by atoms with Crippen LogP contribution in [0.2, 0.25) is 0 Å². The lowest BCUT2D eigenvalue weighted by molar-refractivity contribution is 0.601. The van der Waals surface area contributed by atoms with Crippen LogP contribution in [0, 0.1) is 11.5 Å². The Morgan fingerprint density at radius 3 is 2.00 bits per heavy atom. The van der Waals surface area contributed by atoms with Crippen LogP contribution in [-0.4, -0.2) is 32.0 Å². The Balaban J connectivity index is 0. The van der Waals surface area contributed by atoms with Crippen molar-refractivity contribution in [2.45, 2.75) is 13.8 Å². The van der Waals surface area contributed by atoms with Gasteiger partial charge in [0.15, 0.2) is 6.19 Å². The van der Waals surface area contributed by atoms with Gasteiger partial charge in [0.05, 0.1) is 0 Å². The van der Waals surface area contributed by atoms with E-state index in [9.17, 15) is 0 Å². The Kier molecular flexibility index (Phi) is 9.90. The van der Waals surface area contributed by atoms with Crippen LogP contribution in [0.25, 0.3) is 0 Å². The monoisotopic (exact) mass is 156 g/mol. The van der Waals surface area contributed by atoms with Gasteiger partial charge in [-0.25, -0.2) is 0 Å². The van der Waals surface area contributed by atoms with E-state index >= 15 is 0 Å². The zero-order chi connectivity index (χ0) is 9.28. The average molecular weight is 156 g/mol. The van der Waals surface area contributed by atoms with Crippen molar-refractivity contribution < 1.29 is 0 Å². The molecule has 0 rings (SSSR count). The van der Waals surface area contributed by atoms with Gasteiger partial charge in [-0.2, -0.15) is 5.26 Å². The molecule has 0 aromatic rings. The Labute approximate surface area is 68.5 Å². The van der Waals surface area contributed by atoms with Crippen LogP contribution in [0.3, 0.4) is 0 Å². The zero-order valence-corrected chi connectivity index (χ0v) is 7.84. The minimum Gasteiger partial charge on any atom is -0.348 e. The first-order valence-electron chi connectivity index (χ1n) is 3.51. The van der Waals surface area contributed by atoms with Gasteiger partial charge in [-0.1, -0.05) is 13.8 Å². The van der Waals surface area contributed by atoms with Crippen LogP contribution in [0.1, 0.15) is 13.8 Å². The highest BCUT2D eigenvalue weighted by Gasteiger charge is 1.94. The summed E-state index contributed by atoms with van der Waals surface area (Å²) in [6.07, 6.45) is 1.78. The molecule has 0 amide bonds. The van der Waals surface area contributed by atoms with Gasteiger partial charge in [0.1, 0.15) is 0 Å². The summed E-state index contributed by atoms with van der Waals surface area (Å²) in [6.45, 7) is 4.00. The average Bonchev–Trinajstić information content (AvgIpc) is 2.03. The summed E-state index contributed by atoms with van der Waals surface area (Å²) in [4.78, 5) is 5.51. The molecule has 0 aliphatic carbocycles. The van der Waals surface area contributed by atoms with Gasteiger partial charge in [-0.05, 0) is 0 Å². The van der Waals surface area contributed by atoms with Gasteiger partial charge in [-0.15, -0.1) is 0 Å². The highest BCUT2D eigenvalue weighted by Crippen LogP contribution is 1.74. The lowest BCUT2D eigenvalue weighted by Gasteiger charge is -2.11. The lowest BCUT2D eigenvalue weighted by Crippen LogP contribution is -2.32. The third-order valence-corrected chi connectivity index (χ3v) is 0.803. The summed E-state index contributed by atoms with van der Waals surface area (Å²) in [6, 6.07) is 0. The van der Waals surface area contributed by atoms with Crippen LogP contribution < -0.4 is 5.32 Å². The molecular formula is C7H16N4. The fourth-order valence-electron chi connectivity index (χ4n) is 0.418. The maximum Gasteiger partial charge on any atom is 0.206 e. The van der Waals surface area contributed by atoms with E-state index in [1.54, 1.807) is 18.1 Å². The largest absolute Gasteiger partial charge is 0.348 e. The molecule has 11 heavy (non-hydrogen) atoms. The van der Waals surface area contributed by atoms with E-state index in [0.29, 0.717) is 5.96 Å². The number of hydrogen-bond donors (Lipinski definition) is 1. The molecule has 64 valence electrons. The van der Waals surface area contributed by atoms with Gasteiger partial charge in [-0.3, -0.25) is 10.3 Å². The summed E-state index contributed by atoms with van der Waals surface area (Å²) in [5.74, 6) is 0.567. The second kappa shape index (κ2) is 8.76. The van der Waals surface area contributed by atoms with Gasteiger partial charge < -0.3 is 4.90 Å². The Morgan fingerprint density at radius 1 is 1.45 bits per heavy atom. The lowest BCUT2D eigenvalue weighted by atomic mass is 10.8. The highest BCUT2D eigenvalue weighted by atomic mass is 15.3. The Bertz CT molecular complexity index is 143. The van der Waals surface area contributed by atoms with Crippen molar-refractivity contribution in [2.75, 3.05) is 21.1 Å². The Hall–Kier alpha value is -1.24. The van der Waals surface area contributed by atoms with Gasteiger partial charge in [0.25, 0.3) is 0 Å². The van der Waals surface area contributed by atoms with Gasteiger partial charge in [0.2, 0.25) is 5.96 Å². The van der Waals surface area contributed by atoms with Crippen molar-refractivity contribution in [3.05, 3.63) is 0 Å². The summed E-state index contributed by atoms with van der Waals surface area (Å²) < 4.78 is 0. The van der Waals surface area contributed by atoms with Crippen LogP contribution in [0.5, 0.6) is 0 Å². The summed E-state index contributed by atoms with van der Waals surface area (Å²) >= 11 is 0. The van der Waals surface area contributed by atoms with E-state index in [0.717, 1.165) is 0 Å². The smallest absolute Gasteiger partial charge is 0.206 e. The zero-order valence-electron chi connectivity index (χ0n) is 7.84. The first-order valence-corrected chi connectivity index (χ1v) is 3.51. The molecule has 0 fully saturated rings. The maximum atomic E-state index is 8.15. The van der Waals surface area contributed by atoms with Crippen molar-refractivity contribution >= 4 is 5.96 Å². The molecule has 0 bridgehead atoms. The van der Waals surface area contributed by atoms with E-state index in [4.69, 9.17) is 5.26 Å². The molecule has 0 atom stereocenters. The predicted molar refractivity (Wildman–Crippen MR) is 47.1 cm³/mol. The summed E-state index contributed by atoms with van der Waals surface area (Å²) in [5, 5.41) is 10.6. The third-order valence-electron chi connectivity index (χ3n) is 0.803. The maximum absolute atomic E-state index is 8.15. The number of guanidine groups is 1. The molecule has 0 spiro atoms. The van der Waals surface area contributed by atoms with Gasteiger partial charge in [0, 0.05) is 21.1 Å². The fourth-order valence-corrected chi connectivity index (χ4v) is 0.418. The van der Waals surface area contributed by atoms with E-state index < -0.39 is 0 Å². The molecule has 4 nitrogen and oxygen atoms in total. The summed E-state index contributed by atoms with van der Waals surface area (Å²) in [5.41, 5.74) is 0. The first-order chi connectivity index (χ1) is 5.22. The van der Waals surface area contributed by atoms with Gasteiger partial charge >= 0.3 is 0 Å². The van der Waals surface area contributed by atoms with Crippen molar-refractivity contribution in [1.29, 1.82) is 5.26 Å². The molecule has 4 heteroatoms. The van der Waals surface area contributed by atoms with E-state index in [1.807, 2.05) is 27.9 Å². The molecule has 0 aliphatic rings. The normalized spacial score (nSPS) is 8.91. The molecule has 0 unspecified atom stereocenters. The number of hydrogen-bond acceptors (Lipinski definition) is 2.